The third-order valence-corrected chi connectivity index (χ3v) is 6.13. The van der Waals surface area contributed by atoms with Gasteiger partial charge in [0.1, 0.15) is 23.5 Å². The van der Waals surface area contributed by atoms with Gasteiger partial charge in [-0.1, -0.05) is 23.7 Å². The third kappa shape index (κ3) is 6.43. The lowest BCUT2D eigenvalue weighted by Crippen LogP contribution is -2.55. The van der Waals surface area contributed by atoms with E-state index in [4.69, 9.17) is 16.3 Å². The molecule has 0 bridgehead atoms. The van der Waals surface area contributed by atoms with E-state index in [9.17, 15) is 9.59 Å². The molecule has 3 N–H and O–H groups in total. The smallest absolute Gasteiger partial charge is 0.263 e. The van der Waals surface area contributed by atoms with Gasteiger partial charge in [-0.05, 0) is 76.4 Å². The van der Waals surface area contributed by atoms with Gasteiger partial charge < -0.3 is 20.3 Å². The minimum Gasteiger partial charge on any atom is -0.497 e. The number of carbonyl (C=O) groups is 2. The molecular formula is C23H34ClN5O3. The summed E-state index contributed by atoms with van der Waals surface area (Å²) in [4.78, 5) is 31.9. The molecule has 2 aliphatic rings. The fraction of sp³-hybridized carbons (Fsp3) is 0.609. The largest absolute Gasteiger partial charge is 0.497 e. The van der Waals surface area contributed by atoms with Crippen LogP contribution >= 0.6 is 11.6 Å². The van der Waals surface area contributed by atoms with Gasteiger partial charge in [-0.15, -0.1) is 0 Å². The van der Waals surface area contributed by atoms with E-state index in [2.05, 4.69) is 20.9 Å². The number of benzene rings is 1. The van der Waals surface area contributed by atoms with Crippen molar-refractivity contribution < 1.29 is 14.3 Å². The fourth-order valence-corrected chi connectivity index (χ4v) is 4.55. The highest BCUT2D eigenvalue weighted by atomic mass is 35.5. The van der Waals surface area contributed by atoms with Crippen LogP contribution in [-0.2, 0) is 9.59 Å². The first-order valence-corrected chi connectivity index (χ1v) is 11.7. The van der Waals surface area contributed by atoms with Gasteiger partial charge in [0.15, 0.2) is 6.17 Å². The summed E-state index contributed by atoms with van der Waals surface area (Å²) in [5, 5.41) is 9.74. The summed E-state index contributed by atoms with van der Waals surface area (Å²) in [7, 11) is 1.58. The number of nitrogens with zero attached hydrogens (tertiary/aromatic N) is 2. The van der Waals surface area contributed by atoms with Crippen molar-refractivity contribution in [3.8, 4) is 5.75 Å². The Bertz CT molecular complexity index is 826. The third-order valence-electron chi connectivity index (χ3n) is 5.83. The van der Waals surface area contributed by atoms with Crippen LogP contribution in [0.3, 0.4) is 0 Å². The molecule has 3 rings (SSSR count). The molecule has 8 nitrogen and oxygen atoms in total. The normalized spacial score (nSPS) is 22.1. The lowest BCUT2D eigenvalue weighted by Gasteiger charge is -2.37. The molecule has 2 heterocycles. The molecule has 0 saturated carbocycles. The molecule has 0 radical (unpaired) electrons. The van der Waals surface area contributed by atoms with Gasteiger partial charge in [0, 0.05) is 6.04 Å². The van der Waals surface area contributed by atoms with Crippen LogP contribution in [0.5, 0.6) is 5.75 Å². The molecule has 1 fully saturated rings. The van der Waals surface area contributed by atoms with E-state index >= 15 is 0 Å². The molecule has 32 heavy (non-hydrogen) atoms. The maximum atomic E-state index is 13.4. The van der Waals surface area contributed by atoms with Crippen molar-refractivity contribution in [1.29, 1.82) is 0 Å². The molecule has 2 aliphatic heterocycles. The summed E-state index contributed by atoms with van der Waals surface area (Å²) in [6.07, 6.45) is 2.47. The van der Waals surface area contributed by atoms with Crippen LogP contribution in [0.25, 0.3) is 0 Å². The van der Waals surface area contributed by atoms with Crippen molar-refractivity contribution in [2.45, 2.75) is 51.4 Å². The van der Waals surface area contributed by atoms with E-state index in [-0.39, 0.29) is 29.6 Å². The van der Waals surface area contributed by atoms with Crippen molar-refractivity contribution in [1.82, 2.24) is 20.9 Å². The molecule has 0 aromatic heterocycles. The molecule has 0 aliphatic carbocycles. The molecule has 2 atom stereocenters. The Hall–Kier alpha value is -2.16. The molecule has 1 aromatic carbocycles. The van der Waals surface area contributed by atoms with Gasteiger partial charge in [0.2, 0.25) is 5.91 Å². The summed E-state index contributed by atoms with van der Waals surface area (Å²) >= 11 is 6.62. The van der Waals surface area contributed by atoms with Crippen molar-refractivity contribution in [3.05, 3.63) is 29.8 Å². The number of halogens is 1. The molecule has 2 unspecified atom stereocenters. The van der Waals surface area contributed by atoms with E-state index in [1.165, 1.54) is 4.90 Å². The highest BCUT2D eigenvalue weighted by Gasteiger charge is 2.39. The van der Waals surface area contributed by atoms with E-state index in [1.807, 2.05) is 38.1 Å². The predicted octanol–water partition coefficient (Wildman–Crippen LogP) is 2.05. The average molecular weight is 464 g/mol. The lowest BCUT2D eigenvalue weighted by molar-refractivity contribution is -0.139. The van der Waals surface area contributed by atoms with Crippen LogP contribution in [0.2, 0.25) is 0 Å². The second-order valence-corrected chi connectivity index (χ2v) is 9.05. The van der Waals surface area contributed by atoms with E-state index < -0.39 is 12.2 Å². The van der Waals surface area contributed by atoms with Crippen LogP contribution in [-0.4, -0.2) is 67.4 Å². The summed E-state index contributed by atoms with van der Waals surface area (Å²) in [6.45, 7) is 6.42. The van der Waals surface area contributed by atoms with E-state index in [1.54, 1.807) is 7.11 Å². The number of piperidine rings is 1. The molecule has 176 valence electrons. The van der Waals surface area contributed by atoms with Crippen molar-refractivity contribution in [2.75, 3.05) is 33.3 Å². The average Bonchev–Trinajstić information content (AvgIpc) is 2.77. The minimum atomic E-state index is -0.794. The summed E-state index contributed by atoms with van der Waals surface area (Å²) in [5.41, 5.74) is 0.747. The van der Waals surface area contributed by atoms with Crippen LogP contribution < -0.4 is 20.7 Å². The molecule has 0 spiro atoms. The Kier molecular flexibility index (Phi) is 8.90. The highest BCUT2D eigenvalue weighted by Crippen LogP contribution is 2.31. The van der Waals surface area contributed by atoms with Gasteiger partial charge in [-0.2, -0.15) is 0 Å². The van der Waals surface area contributed by atoms with Gasteiger partial charge >= 0.3 is 0 Å². The zero-order valence-corrected chi connectivity index (χ0v) is 19.8. The number of amides is 2. The number of hydrogen-bond donors (Lipinski definition) is 3. The van der Waals surface area contributed by atoms with E-state index in [0.717, 1.165) is 37.9 Å². The van der Waals surface area contributed by atoms with Gasteiger partial charge in [0.05, 0.1) is 7.11 Å². The first-order chi connectivity index (χ1) is 15.4. The summed E-state index contributed by atoms with van der Waals surface area (Å²) < 4.78 is 5.33. The number of aliphatic imine (C=N–C) groups is 1. The number of rotatable bonds is 9. The van der Waals surface area contributed by atoms with Crippen LogP contribution in [0.15, 0.2) is 29.3 Å². The number of hydrogen-bond acceptors (Lipinski definition) is 6. The standard InChI is InChI=1S/C23H34ClN5O3/c1-15(2)27-19(30)14-29-20(17-5-4-6-18(13-17)32-3)21(24)28-22(23(29)31)26-12-9-16-7-10-25-11-8-16/h4-6,13,15-16,20,22,25-26H,7-12,14H2,1-3H3,(H,27,30). The zero-order valence-electron chi connectivity index (χ0n) is 19.1. The van der Waals surface area contributed by atoms with Gasteiger partial charge in [0.25, 0.3) is 5.91 Å². The van der Waals surface area contributed by atoms with Crippen molar-refractivity contribution in [3.63, 3.8) is 0 Å². The summed E-state index contributed by atoms with van der Waals surface area (Å²) in [5.74, 6) is 0.792. The monoisotopic (exact) mass is 463 g/mol. The number of nitrogens with one attached hydrogen (secondary N) is 3. The SMILES string of the molecule is COc1cccc(C2C(Cl)=NC(NCCC3CCNCC3)C(=O)N2CC(=O)NC(C)C)c1. The van der Waals surface area contributed by atoms with Crippen molar-refractivity contribution in [2.24, 2.45) is 10.9 Å². The topological polar surface area (TPSA) is 95.1 Å². The Morgan fingerprint density at radius 1 is 1.34 bits per heavy atom. The lowest BCUT2D eigenvalue weighted by atomic mass is 9.95. The van der Waals surface area contributed by atoms with Gasteiger partial charge in [-0.3, -0.25) is 14.9 Å². The zero-order chi connectivity index (χ0) is 23.1. The maximum Gasteiger partial charge on any atom is 0.263 e. The van der Waals surface area contributed by atoms with Crippen LogP contribution in [0.4, 0.5) is 0 Å². The Morgan fingerprint density at radius 2 is 2.09 bits per heavy atom. The second-order valence-electron chi connectivity index (χ2n) is 8.66. The van der Waals surface area contributed by atoms with E-state index in [0.29, 0.717) is 18.2 Å². The Balaban J connectivity index is 1.78. The Labute approximate surface area is 195 Å². The Morgan fingerprint density at radius 3 is 2.78 bits per heavy atom. The second kappa shape index (κ2) is 11.6. The molecule has 1 saturated heterocycles. The minimum absolute atomic E-state index is 0.0271. The number of carbonyl (C=O) groups excluding carboxylic acids is 2. The quantitative estimate of drug-likeness (QED) is 0.521. The first kappa shape index (κ1) is 24.5. The fourth-order valence-electron chi connectivity index (χ4n) is 4.21. The molecule has 1 aromatic rings. The van der Waals surface area contributed by atoms with Crippen LogP contribution in [0.1, 0.15) is 44.7 Å². The summed E-state index contributed by atoms with van der Waals surface area (Å²) in [6, 6.07) is 6.66. The molecule has 2 amide bonds. The predicted molar refractivity (Wildman–Crippen MR) is 126 cm³/mol. The van der Waals surface area contributed by atoms with Gasteiger partial charge in [-0.25, -0.2) is 4.99 Å². The number of methoxy groups -OCH3 is 1. The van der Waals surface area contributed by atoms with Crippen LogP contribution in [0, 0.1) is 5.92 Å². The highest BCUT2D eigenvalue weighted by molar-refractivity contribution is 6.67. The van der Waals surface area contributed by atoms with Crippen molar-refractivity contribution >= 4 is 28.6 Å². The molecule has 9 heteroatoms. The maximum absolute atomic E-state index is 13.4. The number of ether oxygens (including phenoxy) is 1. The molecular weight excluding hydrogens is 430 g/mol. The first-order valence-electron chi connectivity index (χ1n) is 11.3.